The van der Waals surface area contributed by atoms with Crippen molar-refractivity contribution in [2.45, 2.75) is 32.8 Å². The molecule has 0 atom stereocenters. The molecule has 0 radical (unpaired) electrons. The van der Waals surface area contributed by atoms with E-state index >= 15 is 0 Å². The Morgan fingerprint density at radius 3 is 2.47 bits per heavy atom. The van der Waals surface area contributed by atoms with Gasteiger partial charge in [0.05, 0.1) is 13.2 Å². The first kappa shape index (κ1) is 14.2. The van der Waals surface area contributed by atoms with Crippen LogP contribution in [0.3, 0.4) is 0 Å². The summed E-state index contributed by atoms with van der Waals surface area (Å²) >= 11 is 0. The van der Waals surface area contributed by atoms with Crippen LogP contribution in [0.15, 0.2) is 11.8 Å². The van der Waals surface area contributed by atoms with Gasteiger partial charge in [0.25, 0.3) is 0 Å². The molecule has 0 unspecified atom stereocenters. The molecule has 0 aromatic heterocycles. The molecule has 2 aliphatic heterocycles. The van der Waals surface area contributed by atoms with Gasteiger partial charge >= 0.3 is 6.09 Å². The highest BCUT2D eigenvalue weighted by Gasteiger charge is 2.25. The summed E-state index contributed by atoms with van der Waals surface area (Å²) in [4.78, 5) is 16.1. The summed E-state index contributed by atoms with van der Waals surface area (Å²) in [6, 6.07) is 0. The fraction of sp³-hybridized carbons (Fsp3) is 0.786. The van der Waals surface area contributed by atoms with Crippen molar-refractivity contribution in [2.24, 2.45) is 0 Å². The topological polar surface area (TPSA) is 42.0 Å². The molecule has 0 aromatic carbocycles. The summed E-state index contributed by atoms with van der Waals surface area (Å²) in [6.45, 7) is 10.6. The Bertz CT molecular complexity index is 354. The first-order valence-electron chi connectivity index (χ1n) is 6.95. The molecule has 0 aliphatic carbocycles. The first-order chi connectivity index (χ1) is 8.96. The SMILES string of the molecule is CC(C)(C)OC(=O)N1CC=C(N2CCOCC2)CC1. The molecule has 0 saturated carbocycles. The largest absolute Gasteiger partial charge is 0.444 e. The van der Waals surface area contributed by atoms with E-state index in [-0.39, 0.29) is 6.09 Å². The summed E-state index contributed by atoms with van der Waals surface area (Å²) in [5, 5.41) is 0. The van der Waals surface area contributed by atoms with E-state index in [0.29, 0.717) is 6.54 Å². The number of rotatable bonds is 1. The van der Waals surface area contributed by atoms with E-state index in [0.717, 1.165) is 39.3 Å². The van der Waals surface area contributed by atoms with Gasteiger partial charge in [-0.1, -0.05) is 0 Å². The zero-order valence-corrected chi connectivity index (χ0v) is 12.1. The molecule has 1 fully saturated rings. The van der Waals surface area contributed by atoms with Crippen LogP contribution in [0.2, 0.25) is 0 Å². The molecule has 0 bridgehead atoms. The van der Waals surface area contributed by atoms with E-state index in [1.54, 1.807) is 4.90 Å². The number of hydrogen-bond acceptors (Lipinski definition) is 4. The number of amides is 1. The molecule has 108 valence electrons. The monoisotopic (exact) mass is 268 g/mol. The van der Waals surface area contributed by atoms with Crippen LogP contribution < -0.4 is 0 Å². The average Bonchev–Trinajstić information content (AvgIpc) is 2.38. The van der Waals surface area contributed by atoms with Crippen LogP contribution in [0.5, 0.6) is 0 Å². The molecule has 5 heteroatoms. The van der Waals surface area contributed by atoms with Gasteiger partial charge in [-0.15, -0.1) is 0 Å². The second-order valence-electron chi connectivity index (χ2n) is 5.97. The fourth-order valence-electron chi connectivity index (χ4n) is 2.29. The molecule has 0 aromatic rings. The Labute approximate surface area is 115 Å². The Balaban J connectivity index is 1.86. The maximum absolute atomic E-state index is 11.9. The molecule has 5 nitrogen and oxygen atoms in total. The Kier molecular flexibility index (Phi) is 4.34. The second-order valence-corrected chi connectivity index (χ2v) is 5.97. The van der Waals surface area contributed by atoms with Crippen LogP contribution in [0.25, 0.3) is 0 Å². The van der Waals surface area contributed by atoms with Gasteiger partial charge in [-0.05, 0) is 26.8 Å². The molecule has 1 amide bonds. The van der Waals surface area contributed by atoms with Crippen molar-refractivity contribution in [3.05, 3.63) is 11.8 Å². The van der Waals surface area contributed by atoms with Crippen molar-refractivity contribution in [3.63, 3.8) is 0 Å². The molecule has 0 N–H and O–H groups in total. The molecular weight excluding hydrogens is 244 g/mol. The Hall–Kier alpha value is -1.23. The number of morpholine rings is 1. The summed E-state index contributed by atoms with van der Waals surface area (Å²) in [5.74, 6) is 0. The van der Waals surface area contributed by atoms with Gasteiger partial charge in [-0.25, -0.2) is 4.79 Å². The molecule has 2 heterocycles. The Morgan fingerprint density at radius 2 is 1.95 bits per heavy atom. The predicted molar refractivity (Wildman–Crippen MR) is 72.9 cm³/mol. The van der Waals surface area contributed by atoms with Crippen LogP contribution in [-0.4, -0.2) is 60.9 Å². The molecule has 19 heavy (non-hydrogen) atoms. The quantitative estimate of drug-likeness (QED) is 0.728. The molecular formula is C14H24N2O3. The molecule has 1 saturated heterocycles. The van der Waals surface area contributed by atoms with Crippen LogP contribution in [-0.2, 0) is 9.47 Å². The number of hydrogen-bond donors (Lipinski definition) is 0. The van der Waals surface area contributed by atoms with Crippen molar-refractivity contribution in [3.8, 4) is 0 Å². The van der Waals surface area contributed by atoms with Gasteiger partial charge in [0.2, 0.25) is 0 Å². The minimum absolute atomic E-state index is 0.218. The lowest BCUT2D eigenvalue weighted by molar-refractivity contribution is 0.0236. The van der Waals surface area contributed by atoms with Crippen LogP contribution in [0.1, 0.15) is 27.2 Å². The number of nitrogens with zero attached hydrogens (tertiary/aromatic N) is 2. The standard InChI is InChI=1S/C14H24N2O3/c1-14(2,3)19-13(17)16-6-4-12(5-7-16)15-8-10-18-11-9-15/h4H,5-11H2,1-3H3. The Morgan fingerprint density at radius 1 is 1.26 bits per heavy atom. The maximum atomic E-state index is 11.9. The lowest BCUT2D eigenvalue weighted by atomic mass is 10.1. The van der Waals surface area contributed by atoms with Gasteiger partial charge in [0.15, 0.2) is 0 Å². The number of ether oxygens (including phenoxy) is 2. The molecule has 0 spiro atoms. The van der Waals surface area contributed by atoms with Crippen molar-refractivity contribution < 1.29 is 14.3 Å². The highest BCUT2D eigenvalue weighted by atomic mass is 16.6. The minimum atomic E-state index is -0.425. The van der Waals surface area contributed by atoms with Crippen molar-refractivity contribution in [1.29, 1.82) is 0 Å². The van der Waals surface area contributed by atoms with E-state index in [1.165, 1.54) is 5.70 Å². The smallest absolute Gasteiger partial charge is 0.410 e. The molecule has 2 rings (SSSR count). The van der Waals surface area contributed by atoms with Gasteiger partial charge in [0, 0.05) is 38.3 Å². The van der Waals surface area contributed by atoms with Crippen molar-refractivity contribution in [1.82, 2.24) is 9.80 Å². The van der Waals surface area contributed by atoms with Crippen LogP contribution in [0, 0.1) is 0 Å². The van der Waals surface area contributed by atoms with E-state index < -0.39 is 5.60 Å². The third kappa shape index (κ3) is 4.13. The lowest BCUT2D eigenvalue weighted by Gasteiger charge is -2.35. The van der Waals surface area contributed by atoms with Gasteiger partial charge in [-0.2, -0.15) is 0 Å². The lowest BCUT2D eigenvalue weighted by Crippen LogP contribution is -2.42. The minimum Gasteiger partial charge on any atom is -0.444 e. The second kappa shape index (κ2) is 5.82. The number of carbonyl (C=O) groups is 1. The first-order valence-corrected chi connectivity index (χ1v) is 6.95. The van der Waals surface area contributed by atoms with Crippen molar-refractivity contribution in [2.75, 3.05) is 39.4 Å². The van der Waals surface area contributed by atoms with Crippen molar-refractivity contribution >= 4 is 6.09 Å². The number of carbonyl (C=O) groups excluding carboxylic acids is 1. The highest BCUT2D eigenvalue weighted by molar-refractivity contribution is 5.68. The predicted octanol–water partition coefficient (Wildman–Crippen LogP) is 1.84. The highest BCUT2D eigenvalue weighted by Crippen LogP contribution is 2.18. The van der Waals surface area contributed by atoms with E-state index in [1.807, 2.05) is 20.8 Å². The van der Waals surface area contributed by atoms with E-state index in [2.05, 4.69) is 11.0 Å². The van der Waals surface area contributed by atoms with Gasteiger partial charge in [-0.3, -0.25) is 0 Å². The summed E-state index contributed by atoms with van der Waals surface area (Å²) in [6.07, 6.45) is 2.82. The van der Waals surface area contributed by atoms with E-state index in [9.17, 15) is 4.79 Å². The molecule has 2 aliphatic rings. The fourth-order valence-corrected chi connectivity index (χ4v) is 2.29. The van der Waals surface area contributed by atoms with Gasteiger partial charge < -0.3 is 19.3 Å². The zero-order chi connectivity index (χ0) is 13.9. The van der Waals surface area contributed by atoms with Gasteiger partial charge in [0.1, 0.15) is 5.60 Å². The normalized spacial score (nSPS) is 21.1. The zero-order valence-electron chi connectivity index (χ0n) is 12.1. The van der Waals surface area contributed by atoms with Crippen LogP contribution in [0.4, 0.5) is 4.79 Å². The average molecular weight is 268 g/mol. The third-order valence-corrected chi connectivity index (χ3v) is 3.25. The summed E-state index contributed by atoms with van der Waals surface area (Å²) in [5.41, 5.74) is 0.911. The van der Waals surface area contributed by atoms with Crippen LogP contribution >= 0.6 is 0 Å². The summed E-state index contributed by atoms with van der Waals surface area (Å²) in [7, 11) is 0. The van der Waals surface area contributed by atoms with E-state index in [4.69, 9.17) is 9.47 Å². The summed E-state index contributed by atoms with van der Waals surface area (Å²) < 4.78 is 10.7. The third-order valence-electron chi connectivity index (χ3n) is 3.25. The maximum Gasteiger partial charge on any atom is 0.410 e.